The van der Waals surface area contributed by atoms with Crippen molar-refractivity contribution in [3.8, 4) is 10.6 Å². The van der Waals surface area contributed by atoms with Crippen molar-refractivity contribution >= 4 is 17.3 Å². The number of aryl methyl sites for hydroxylation is 1. The van der Waals surface area contributed by atoms with Gasteiger partial charge < -0.3 is 5.11 Å². The maximum Gasteiger partial charge on any atom is 0.320 e. The molecule has 0 amide bonds. The number of aromatic nitrogens is 1. The number of nitrogens with zero attached hydrogens (tertiary/aromatic N) is 2. The number of carboxylic acid groups (broad SMARTS) is 1. The smallest absolute Gasteiger partial charge is 0.320 e. The Morgan fingerprint density at radius 3 is 2.62 bits per heavy atom. The van der Waals surface area contributed by atoms with Gasteiger partial charge >= 0.3 is 5.97 Å². The second-order valence-electron chi connectivity index (χ2n) is 5.19. The summed E-state index contributed by atoms with van der Waals surface area (Å²) in [7, 11) is 1.83. The van der Waals surface area contributed by atoms with Gasteiger partial charge in [0.25, 0.3) is 0 Å². The monoisotopic (exact) mass is 304 g/mol. The van der Waals surface area contributed by atoms with E-state index < -0.39 is 12.0 Å². The first-order valence-electron chi connectivity index (χ1n) is 6.95. The van der Waals surface area contributed by atoms with E-state index in [1.165, 1.54) is 5.56 Å². The van der Waals surface area contributed by atoms with Gasteiger partial charge in [-0.1, -0.05) is 36.8 Å². The summed E-state index contributed by atoms with van der Waals surface area (Å²) in [6.07, 6.45) is 0.584. The zero-order chi connectivity index (χ0) is 15.4. The molecule has 0 spiro atoms. The fourth-order valence-corrected chi connectivity index (χ4v) is 3.07. The van der Waals surface area contributed by atoms with Crippen LogP contribution >= 0.6 is 11.3 Å². The van der Waals surface area contributed by atoms with Gasteiger partial charge in [0, 0.05) is 17.5 Å². The highest BCUT2D eigenvalue weighted by Gasteiger charge is 2.21. The molecule has 1 unspecified atom stereocenters. The van der Waals surface area contributed by atoms with E-state index in [1.807, 2.05) is 24.3 Å². The molecular weight excluding hydrogens is 284 g/mol. The van der Waals surface area contributed by atoms with Crippen LogP contribution in [0, 0.1) is 6.92 Å². The van der Waals surface area contributed by atoms with Gasteiger partial charge in [-0.25, -0.2) is 4.98 Å². The molecule has 4 nitrogen and oxygen atoms in total. The Hall–Kier alpha value is -1.72. The predicted molar refractivity (Wildman–Crippen MR) is 85.5 cm³/mol. The molecule has 1 atom stereocenters. The lowest BCUT2D eigenvalue weighted by molar-refractivity contribution is -0.143. The number of carboxylic acids is 1. The van der Waals surface area contributed by atoms with E-state index in [2.05, 4.69) is 36.2 Å². The molecular formula is C16H20N2O2S. The average Bonchev–Trinajstić information content (AvgIpc) is 2.88. The molecule has 0 saturated carbocycles. The summed E-state index contributed by atoms with van der Waals surface area (Å²) in [6.45, 7) is 4.49. The standard InChI is InChI=1S/C16H20N2O2S/c1-4-14(16(19)20)18(3)9-13-10-21-15(17-13)12-7-5-11(2)6-8-12/h5-8,10,14H,4,9H2,1-3H3,(H,19,20). The Bertz CT molecular complexity index is 607. The lowest BCUT2D eigenvalue weighted by Gasteiger charge is -2.22. The number of aliphatic carboxylic acids is 1. The third kappa shape index (κ3) is 3.89. The molecule has 2 rings (SSSR count). The summed E-state index contributed by atoms with van der Waals surface area (Å²) in [4.78, 5) is 17.6. The van der Waals surface area contributed by atoms with Gasteiger partial charge in [0.2, 0.25) is 0 Å². The fraction of sp³-hybridized carbons (Fsp3) is 0.375. The molecule has 0 aliphatic heterocycles. The molecule has 1 N–H and O–H groups in total. The van der Waals surface area contributed by atoms with E-state index in [9.17, 15) is 9.90 Å². The van der Waals surface area contributed by atoms with E-state index in [0.29, 0.717) is 13.0 Å². The molecule has 0 aliphatic carbocycles. The Balaban J connectivity index is 2.09. The van der Waals surface area contributed by atoms with Gasteiger partial charge in [-0.15, -0.1) is 11.3 Å². The van der Waals surface area contributed by atoms with Crippen LogP contribution < -0.4 is 0 Å². The highest BCUT2D eigenvalue weighted by molar-refractivity contribution is 7.13. The summed E-state index contributed by atoms with van der Waals surface area (Å²) >= 11 is 1.59. The highest BCUT2D eigenvalue weighted by Crippen LogP contribution is 2.24. The van der Waals surface area contributed by atoms with Gasteiger partial charge in [-0.05, 0) is 20.4 Å². The first-order valence-corrected chi connectivity index (χ1v) is 7.83. The number of hydrogen-bond acceptors (Lipinski definition) is 4. The number of carbonyl (C=O) groups is 1. The second kappa shape index (κ2) is 6.83. The third-order valence-corrected chi connectivity index (χ3v) is 4.41. The molecule has 1 heterocycles. The van der Waals surface area contributed by atoms with Crippen LogP contribution in [0.3, 0.4) is 0 Å². The van der Waals surface area contributed by atoms with Crippen LogP contribution in [0.4, 0.5) is 0 Å². The Morgan fingerprint density at radius 1 is 1.38 bits per heavy atom. The van der Waals surface area contributed by atoms with Gasteiger partial charge in [0.15, 0.2) is 0 Å². The molecule has 112 valence electrons. The molecule has 0 fully saturated rings. The number of thiazole rings is 1. The predicted octanol–water partition coefficient (Wildman–Crippen LogP) is 3.41. The van der Waals surface area contributed by atoms with Crippen LogP contribution in [0.2, 0.25) is 0 Å². The van der Waals surface area contributed by atoms with Crippen molar-refractivity contribution in [2.45, 2.75) is 32.9 Å². The van der Waals surface area contributed by atoms with Crippen molar-refractivity contribution in [2.24, 2.45) is 0 Å². The number of rotatable bonds is 6. The summed E-state index contributed by atoms with van der Waals surface area (Å²) in [5.74, 6) is -0.783. The minimum absolute atomic E-state index is 0.463. The van der Waals surface area contributed by atoms with E-state index in [-0.39, 0.29) is 0 Å². The van der Waals surface area contributed by atoms with Crippen molar-refractivity contribution in [3.63, 3.8) is 0 Å². The van der Waals surface area contributed by atoms with E-state index in [0.717, 1.165) is 16.3 Å². The zero-order valence-electron chi connectivity index (χ0n) is 12.5. The average molecular weight is 304 g/mol. The van der Waals surface area contributed by atoms with Crippen molar-refractivity contribution in [3.05, 3.63) is 40.9 Å². The first kappa shape index (κ1) is 15.7. The largest absolute Gasteiger partial charge is 0.480 e. The molecule has 2 aromatic rings. The molecule has 1 aromatic carbocycles. The number of likely N-dealkylation sites (N-methyl/N-ethyl adjacent to an activating group) is 1. The minimum Gasteiger partial charge on any atom is -0.480 e. The third-order valence-electron chi connectivity index (χ3n) is 3.47. The molecule has 0 aliphatic rings. The van der Waals surface area contributed by atoms with E-state index >= 15 is 0 Å². The lowest BCUT2D eigenvalue weighted by Crippen LogP contribution is -2.37. The molecule has 0 radical (unpaired) electrons. The number of hydrogen-bond donors (Lipinski definition) is 1. The number of benzene rings is 1. The van der Waals surface area contributed by atoms with Crippen LogP contribution in [0.5, 0.6) is 0 Å². The quantitative estimate of drug-likeness (QED) is 0.888. The molecule has 0 bridgehead atoms. The fourth-order valence-electron chi connectivity index (χ4n) is 2.25. The topological polar surface area (TPSA) is 53.4 Å². The van der Waals surface area contributed by atoms with E-state index in [4.69, 9.17) is 0 Å². The highest BCUT2D eigenvalue weighted by atomic mass is 32.1. The second-order valence-corrected chi connectivity index (χ2v) is 6.05. The summed E-state index contributed by atoms with van der Waals surface area (Å²) in [5, 5.41) is 12.1. The molecule has 0 saturated heterocycles. The SMILES string of the molecule is CCC(C(=O)O)N(C)Cc1csc(-c2ccc(C)cc2)n1. The Labute approximate surface area is 129 Å². The molecule has 5 heteroatoms. The Morgan fingerprint density at radius 2 is 2.05 bits per heavy atom. The summed E-state index contributed by atoms with van der Waals surface area (Å²) < 4.78 is 0. The summed E-state index contributed by atoms with van der Waals surface area (Å²) in [5.41, 5.74) is 3.24. The van der Waals surface area contributed by atoms with E-state index in [1.54, 1.807) is 11.3 Å². The van der Waals surface area contributed by atoms with Gasteiger partial charge in [-0.3, -0.25) is 9.69 Å². The maximum atomic E-state index is 11.2. The van der Waals surface area contributed by atoms with Gasteiger partial charge in [0.1, 0.15) is 11.0 Å². The normalized spacial score (nSPS) is 12.6. The maximum absolute atomic E-state index is 11.2. The van der Waals surface area contributed by atoms with Crippen molar-refractivity contribution in [2.75, 3.05) is 7.05 Å². The minimum atomic E-state index is -0.783. The van der Waals surface area contributed by atoms with Crippen molar-refractivity contribution < 1.29 is 9.90 Å². The van der Waals surface area contributed by atoms with Crippen LogP contribution in [0.25, 0.3) is 10.6 Å². The molecule has 1 aromatic heterocycles. The Kier molecular flexibility index (Phi) is 5.09. The van der Waals surface area contributed by atoms with Crippen LogP contribution in [0.15, 0.2) is 29.6 Å². The van der Waals surface area contributed by atoms with Crippen molar-refractivity contribution in [1.29, 1.82) is 0 Å². The summed E-state index contributed by atoms with van der Waals surface area (Å²) in [6, 6.07) is 7.80. The van der Waals surface area contributed by atoms with Crippen LogP contribution in [-0.4, -0.2) is 34.0 Å². The van der Waals surface area contributed by atoms with Crippen molar-refractivity contribution in [1.82, 2.24) is 9.88 Å². The lowest BCUT2D eigenvalue weighted by atomic mass is 10.2. The van der Waals surface area contributed by atoms with Crippen LogP contribution in [-0.2, 0) is 11.3 Å². The zero-order valence-corrected chi connectivity index (χ0v) is 13.4. The van der Waals surface area contributed by atoms with Gasteiger partial charge in [0.05, 0.1) is 5.69 Å². The van der Waals surface area contributed by atoms with Crippen LogP contribution in [0.1, 0.15) is 24.6 Å². The van der Waals surface area contributed by atoms with Gasteiger partial charge in [-0.2, -0.15) is 0 Å². The molecule has 21 heavy (non-hydrogen) atoms. The first-order chi connectivity index (χ1) is 10.0.